The summed E-state index contributed by atoms with van der Waals surface area (Å²) in [6.45, 7) is 0. The maximum Gasteiger partial charge on any atom is 0.316 e. The van der Waals surface area contributed by atoms with Crippen molar-refractivity contribution >= 4 is 42.3 Å². The van der Waals surface area contributed by atoms with Gasteiger partial charge < -0.3 is 9.11 Å². The Morgan fingerprint density at radius 1 is 0.523 bits per heavy atom. The SMILES string of the molecule is CS(=O)(=O)[O-].CS(=O)(=O)[O-].C[n+]1c(-c2ccccc2)n(/N=N/n2c(-c3ccccc3)[n+](C)c3ccccc32)c2ccccc21. The summed E-state index contributed by atoms with van der Waals surface area (Å²) in [5.74, 6) is 1.93. The fourth-order valence-corrected chi connectivity index (χ4v) is 4.66. The second-order valence-corrected chi connectivity index (χ2v) is 12.5. The summed E-state index contributed by atoms with van der Waals surface area (Å²) in [5, 5.41) is 9.64. The molecule has 228 valence electrons. The largest absolute Gasteiger partial charge is 0.748 e. The molecule has 14 heteroatoms. The van der Waals surface area contributed by atoms with E-state index < -0.39 is 20.2 Å². The van der Waals surface area contributed by atoms with Crippen molar-refractivity contribution in [1.29, 1.82) is 0 Å². The van der Waals surface area contributed by atoms with Gasteiger partial charge in [-0.15, -0.1) is 0 Å². The molecule has 0 fully saturated rings. The zero-order valence-electron chi connectivity index (χ0n) is 24.3. The van der Waals surface area contributed by atoms with Gasteiger partial charge in [0.1, 0.15) is 0 Å². The number of hydrogen-bond acceptors (Lipinski definition) is 8. The molecule has 6 rings (SSSR count). The standard InChI is InChI=1S/C28H24N6.2CH4O3S/c1-31-23-17-9-11-19-25(23)33(27(31)21-13-5-3-6-14-21)29-30-34-26-20-12-10-18-24(26)32(2)28(34)22-15-7-4-8-16-22;2*1-5(2,3)4/h3-20H,1-2H3;2*1H3,(H,2,3,4)/q+2;;/p-2/b30-29+;;. The third-order valence-corrected chi connectivity index (χ3v) is 6.26. The Labute approximate surface area is 255 Å². The molecule has 0 bridgehead atoms. The summed E-state index contributed by atoms with van der Waals surface area (Å²) < 4.78 is 62.6. The molecule has 0 saturated carbocycles. The normalized spacial score (nSPS) is 11.7. The predicted molar refractivity (Wildman–Crippen MR) is 164 cm³/mol. The van der Waals surface area contributed by atoms with Crippen LogP contribution in [-0.4, -0.2) is 47.8 Å². The van der Waals surface area contributed by atoms with Crippen LogP contribution < -0.4 is 9.13 Å². The van der Waals surface area contributed by atoms with Gasteiger partial charge in [0.25, 0.3) is 0 Å². The molecule has 0 aliphatic heterocycles. The molecule has 2 aromatic heterocycles. The number of rotatable bonds is 4. The molecular weight excluding hydrogens is 605 g/mol. The van der Waals surface area contributed by atoms with Crippen molar-refractivity contribution in [1.82, 2.24) is 9.35 Å². The number of aromatic nitrogens is 4. The Morgan fingerprint density at radius 2 is 0.795 bits per heavy atom. The number of nitrogens with zero attached hydrogens (tertiary/aromatic N) is 6. The van der Waals surface area contributed by atoms with Crippen LogP contribution in [0.5, 0.6) is 0 Å². The third kappa shape index (κ3) is 7.99. The number of para-hydroxylation sites is 4. The van der Waals surface area contributed by atoms with Gasteiger partial charge in [0.05, 0.1) is 55.9 Å². The molecule has 12 nitrogen and oxygen atoms in total. The fraction of sp³-hybridized carbons (Fsp3) is 0.133. The average molecular weight is 635 g/mol. The van der Waals surface area contributed by atoms with Gasteiger partial charge in [0.15, 0.2) is 11.0 Å². The predicted octanol–water partition coefficient (Wildman–Crippen LogP) is 3.58. The van der Waals surface area contributed by atoms with Gasteiger partial charge >= 0.3 is 11.6 Å². The van der Waals surface area contributed by atoms with E-state index in [1.165, 1.54) is 0 Å². The smallest absolute Gasteiger partial charge is 0.316 e. The molecule has 0 radical (unpaired) electrons. The molecule has 0 saturated heterocycles. The highest BCUT2D eigenvalue weighted by atomic mass is 32.2. The van der Waals surface area contributed by atoms with Crippen molar-refractivity contribution in [3.8, 4) is 22.8 Å². The van der Waals surface area contributed by atoms with E-state index in [-0.39, 0.29) is 0 Å². The number of aryl methyl sites for hydroxylation is 2. The van der Waals surface area contributed by atoms with E-state index in [1.807, 2.05) is 70.0 Å². The van der Waals surface area contributed by atoms with Gasteiger partial charge in [-0.1, -0.05) is 70.0 Å². The first-order chi connectivity index (χ1) is 20.7. The van der Waals surface area contributed by atoms with Crippen molar-refractivity contribution in [2.24, 2.45) is 24.5 Å². The molecule has 0 unspecified atom stereocenters. The Morgan fingerprint density at radius 3 is 1.11 bits per heavy atom. The average Bonchev–Trinajstić information content (AvgIpc) is 3.41. The highest BCUT2D eigenvalue weighted by Gasteiger charge is 2.28. The Bertz CT molecular complexity index is 1990. The number of hydrogen-bond donors (Lipinski definition) is 0. The molecular formula is C30H30N6O6S2. The molecule has 6 aromatic rings. The van der Waals surface area contributed by atoms with Gasteiger partial charge in [-0.2, -0.15) is 0 Å². The van der Waals surface area contributed by atoms with Crippen molar-refractivity contribution < 1.29 is 35.1 Å². The van der Waals surface area contributed by atoms with E-state index in [1.54, 1.807) is 0 Å². The highest BCUT2D eigenvalue weighted by molar-refractivity contribution is 7.85. The molecule has 44 heavy (non-hydrogen) atoms. The molecule has 0 aliphatic carbocycles. The van der Waals surface area contributed by atoms with Crippen LogP contribution in [0.4, 0.5) is 0 Å². The molecule has 0 amide bonds. The van der Waals surface area contributed by atoms with Crippen molar-refractivity contribution in [3.63, 3.8) is 0 Å². The second-order valence-electron chi connectivity index (χ2n) is 9.69. The molecule has 0 spiro atoms. The number of fused-ring (bicyclic) bond motifs is 2. The number of benzene rings is 4. The zero-order chi connectivity index (χ0) is 32.1. The van der Waals surface area contributed by atoms with Crippen LogP contribution in [0, 0.1) is 0 Å². The fourth-order valence-electron chi connectivity index (χ4n) is 4.66. The van der Waals surface area contributed by atoms with E-state index >= 15 is 0 Å². The maximum atomic E-state index is 9.08. The molecule has 4 aromatic carbocycles. The van der Waals surface area contributed by atoms with Crippen LogP contribution >= 0.6 is 0 Å². The Kier molecular flexibility index (Phi) is 9.69. The highest BCUT2D eigenvalue weighted by Crippen LogP contribution is 2.25. The molecule has 2 heterocycles. The van der Waals surface area contributed by atoms with Crippen molar-refractivity contribution in [2.45, 2.75) is 0 Å². The van der Waals surface area contributed by atoms with Crippen LogP contribution in [0.1, 0.15) is 0 Å². The lowest BCUT2D eigenvalue weighted by Gasteiger charge is -1.98. The lowest BCUT2D eigenvalue weighted by Crippen LogP contribution is -2.30. The van der Waals surface area contributed by atoms with Gasteiger partial charge in [0, 0.05) is 12.5 Å². The van der Waals surface area contributed by atoms with E-state index in [4.69, 9.17) is 36.4 Å². The molecule has 0 atom stereocenters. The maximum absolute atomic E-state index is 9.08. The zero-order valence-corrected chi connectivity index (χ0v) is 26.0. The minimum Gasteiger partial charge on any atom is -0.748 e. The Hall–Kier alpha value is -4.76. The van der Waals surface area contributed by atoms with Crippen molar-refractivity contribution in [2.75, 3.05) is 12.5 Å². The number of imidazole rings is 2. The van der Waals surface area contributed by atoms with Crippen molar-refractivity contribution in [3.05, 3.63) is 109 Å². The molecule has 0 aliphatic rings. The first-order valence-electron chi connectivity index (χ1n) is 13.1. The summed E-state index contributed by atoms with van der Waals surface area (Å²) in [6.07, 6.45) is 1.21. The summed E-state index contributed by atoms with van der Waals surface area (Å²) >= 11 is 0. The lowest BCUT2D eigenvalue weighted by molar-refractivity contribution is -0.634. The van der Waals surface area contributed by atoms with Gasteiger partial charge in [-0.05, 0) is 48.5 Å². The summed E-state index contributed by atoms with van der Waals surface area (Å²) in [6, 6.07) is 37.1. The van der Waals surface area contributed by atoms with Crippen LogP contribution in [0.3, 0.4) is 0 Å². The van der Waals surface area contributed by atoms with Crippen LogP contribution in [0.2, 0.25) is 0 Å². The topological polar surface area (TPSA) is 157 Å². The third-order valence-electron chi connectivity index (χ3n) is 6.26. The second kappa shape index (κ2) is 13.3. The van der Waals surface area contributed by atoms with Crippen LogP contribution in [-0.2, 0) is 34.3 Å². The quantitative estimate of drug-likeness (QED) is 0.164. The summed E-state index contributed by atoms with van der Waals surface area (Å²) in [4.78, 5) is 0. The minimum absolute atomic E-state index is 0.604. The van der Waals surface area contributed by atoms with E-state index in [0.29, 0.717) is 12.5 Å². The first kappa shape index (κ1) is 32.2. The van der Waals surface area contributed by atoms with Gasteiger partial charge in [-0.3, -0.25) is 0 Å². The van der Waals surface area contributed by atoms with E-state index in [0.717, 1.165) is 44.8 Å². The van der Waals surface area contributed by atoms with E-state index in [2.05, 4.69) is 71.8 Å². The van der Waals surface area contributed by atoms with Gasteiger partial charge in [-0.25, -0.2) is 26.0 Å². The van der Waals surface area contributed by atoms with E-state index in [9.17, 15) is 0 Å². The van der Waals surface area contributed by atoms with Gasteiger partial charge in [0.2, 0.25) is 11.0 Å². The summed E-state index contributed by atoms with van der Waals surface area (Å²) in [7, 11) is -3.70. The van der Waals surface area contributed by atoms with Crippen LogP contribution in [0.15, 0.2) is 120 Å². The lowest BCUT2D eigenvalue weighted by atomic mass is 10.2. The monoisotopic (exact) mass is 634 g/mol. The van der Waals surface area contributed by atoms with Crippen LogP contribution in [0.25, 0.3) is 44.8 Å². The minimum atomic E-state index is -3.92. The molecule has 0 N–H and O–H groups in total. The Balaban J connectivity index is 0.000000386. The summed E-state index contributed by atoms with van der Waals surface area (Å²) in [5.41, 5.74) is 6.32. The first-order valence-corrected chi connectivity index (χ1v) is 16.7.